The van der Waals surface area contributed by atoms with Crippen molar-refractivity contribution in [2.75, 3.05) is 0 Å². The predicted octanol–water partition coefficient (Wildman–Crippen LogP) is 2.19. The van der Waals surface area contributed by atoms with E-state index >= 15 is 0 Å². The third-order valence-electron chi connectivity index (χ3n) is 1.38. The van der Waals surface area contributed by atoms with Gasteiger partial charge < -0.3 is 5.32 Å². The Hall–Kier alpha value is -0.970. The van der Waals surface area contributed by atoms with Crippen LogP contribution in [0.3, 0.4) is 0 Å². The second kappa shape index (κ2) is 5.79. The maximum Gasteiger partial charge on any atom is 0.0666 e. The molecule has 0 bridgehead atoms. The van der Waals surface area contributed by atoms with E-state index in [1.807, 2.05) is 6.20 Å². The van der Waals surface area contributed by atoms with Gasteiger partial charge in [-0.05, 0) is 32.0 Å². The Kier molecular flexibility index (Phi) is 5.28. The molecule has 1 N–H and O–H groups in total. The summed E-state index contributed by atoms with van der Waals surface area (Å²) in [4.78, 5) is 0. The van der Waals surface area contributed by atoms with Crippen molar-refractivity contribution in [3.63, 3.8) is 0 Å². The summed E-state index contributed by atoms with van der Waals surface area (Å²) in [6, 6.07) is 2.59. The molecule has 0 aliphatic carbocycles. The van der Waals surface area contributed by atoms with Gasteiger partial charge in [-0.3, -0.25) is 0 Å². The van der Waals surface area contributed by atoms with E-state index in [1.54, 1.807) is 0 Å². The van der Waals surface area contributed by atoms with Gasteiger partial charge in [0.1, 0.15) is 0 Å². The molecule has 0 amide bonds. The van der Waals surface area contributed by atoms with Crippen molar-refractivity contribution in [1.82, 2.24) is 5.32 Å². The zero-order valence-electron chi connectivity index (χ0n) is 7.52. The van der Waals surface area contributed by atoms with Gasteiger partial charge in [-0.25, -0.2) is 0 Å². The van der Waals surface area contributed by atoms with Gasteiger partial charge in [-0.1, -0.05) is 6.92 Å². The van der Waals surface area contributed by atoms with Gasteiger partial charge in [0.15, 0.2) is 0 Å². The molecule has 0 fully saturated rings. The average Bonchev–Trinajstić information content (AvgIpc) is 1.97. The highest BCUT2D eigenvalue weighted by Gasteiger charge is 1.92. The molecule has 0 aromatic heterocycles. The molecule has 0 heterocycles. The molecular formula is C9H16N2. The molecule has 0 aromatic rings. The van der Waals surface area contributed by atoms with Gasteiger partial charge in [0, 0.05) is 6.04 Å². The van der Waals surface area contributed by atoms with Gasteiger partial charge in [0.2, 0.25) is 0 Å². The van der Waals surface area contributed by atoms with Crippen LogP contribution in [0.4, 0.5) is 0 Å². The molecule has 0 spiro atoms. The highest BCUT2D eigenvalue weighted by molar-refractivity contribution is 5.06. The first-order valence-corrected chi connectivity index (χ1v) is 4.01. The molecule has 2 heteroatoms. The van der Waals surface area contributed by atoms with Gasteiger partial charge in [0.05, 0.1) is 12.5 Å². The lowest BCUT2D eigenvalue weighted by molar-refractivity contribution is 0.694. The lowest BCUT2D eigenvalue weighted by Crippen LogP contribution is -2.16. The standard InChI is InChI=1S/C9H16N2/c1-4-9(5-6-10)7-11-8(2)3/h7-8,11H,4-5H2,1-3H3/b9-7+. The Labute approximate surface area is 68.9 Å². The second-order valence-electron chi connectivity index (χ2n) is 2.81. The molecule has 0 aromatic carbocycles. The number of nitrogens with zero attached hydrogens (tertiary/aromatic N) is 1. The summed E-state index contributed by atoms with van der Waals surface area (Å²) in [5.74, 6) is 0. The summed E-state index contributed by atoms with van der Waals surface area (Å²) in [5.41, 5.74) is 1.17. The molecule has 0 saturated carbocycles. The van der Waals surface area contributed by atoms with Crippen molar-refractivity contribution in [3.05, 3.63) is 11.8 Å². The number of hydrogen-bond donors (Lipinski definition) is 1. The Morgan fingerprint density at radius 3 is 2.64 bits per heavy atom. The zero-order valence-corrected chi connectivity index (χ0v) is 7.52. The van der Waals surface area contributed by atoms with Crippen LogP contribution in [0.25, 0.3) is 0 Å². The molecule has 0 rings (SSSR count). The summed E-state index contributed by atoms with van der Waals surface area (Å²) < 4.78 is 0. The van der Waals surface area contributed by atoms with Crippen molar-refractivity contribution in [1.29, 1.82) is 5.26 Å². The van der Waals surface area contributed by atoms with Crippen molar-refractivity contribution in [2.24, 2.45) is 0 Å². The van der Waals surface area contributed by atoms with E-state index in [-0.39, 0.29) is 0 Å². The molecule has 0 atom stereocenters. The molecule has 0 aliphatic heterocycles. The Balaban J connectivity index is 3.82. The van der Waals surface area contributed by atoms with Crippen LogP contribution in [0.5, 0.6) is 0 Å². The largest absolute Gasteiger partial charge is 0.389 e. The van der Waals surface area contributed by atoms with E-state index in [9.17, 15) is 0 Å². The third kappa shape index (κ3) is 5.47. The van der Waals surface area contributed by atoms with E-state index in [1.165, 1.54) is 5.57 Å². The maximum absolute atomic E-state index is 8.41. The van der Waals surface area contributed by atoms with Crippen LogP contribution in [0.1, 0.15) is 33.6 Å². The average molecular weight is 152 g/mol. The van der Waals surface area contributed by atoms with E-state index in [4.69, 9.17) is 5.26 Å². The van der Waals surface area contributed by atoms with Crippen LogP contribution >= 0.6 is 0 Å². The van der Waals surface area contributed by atoms with Crippen molar-refractivity contribution < 1.29 is 0 Å². The Morgan fingerprint density at radius 2 is 2.27 bits per heavy atom. The van der Waals surface area contributed by atoms with E-state index in [2.05, 4.69) is 32.2 Å². The number of hydrogen-bond acceptors (Lipinski definition) is 2. The fraction of sp³-hybridized carbons (Fsp3) is 0.667. The van der Waals surface area contributed by atoms with Gasteiger partial charge in [0.25, 0.3) is 0 Å². The SMILES string of the molecule is CC/C(=C\NC(C)C)CC#N. The molecule has 0 saturated heterocycles. The molecule has 11 heavy (non-hydrogen) atoms. The van der Waals surface area contributed by atoms with Crippen LogP contribution in [-0.4, -0.2) is 6.04 Å². The fourth-order valence-corrected chi connectivity index (χ4v) is 0.664. The van der Waals surface area contributed by atoms with Gasteiger partial charge in [-0.15, -0.1) is 0 Å². The summed E-state index contributed by atoms with van der Waals surface area (Å²) in [5, 5.41) is 11.6. The molecule has 0 aliphatic rings. The minimum absolute atomic E-state index is 0.454. The minimum Gasteiger partial charge on any atom is -0.389 e. The lowest BCUT2D eigenvalue weighted by atomic mass is 10.1. The van der Waals surface area contributed by atoms with Gasteiger partial charge >= 0.3 is 0 Å². The maximum atomic E-state index is 8.41. The first kappa shape index (κ1) is 10.0. The monoisotopic (exact) mass is 152 g/mol. The fourth-order valence-electron chi connectivity index (χ4n) is 0.664. The number of allylic oxidation sites excluding steroid dienone is 1. The Morgan fingerprint density at radius 1 is 1.64 bits per heavy atom. The smallest absolute Gasteiger partial charge is 0.0666 e. The summed E-state index contributed by atoms with van der Waals surface area (Å²) in [7, 11) is 0. The highest BCUT2D eigenvalue weighted by atomic mass is 14.9. The second-order valence-corrected chi connectivity index (χ2v) is 2.81. The summed E-state index contributed by atoms with van der Waals surface area (Å²) >= 11 is 0. The lowest BCUT2D eigenvalue weighted by Gasteiger charge is -2.05. The number of nitriles is 1. The minimum atomic E-state index is 0.454. The summed E-state index contributed by atoms with van der Waals surface area (Å²) in [6.07, 6.45) is 3.44. The van der Waals surface area contributed by atoms with Crippen molar-refractivity contribution in [3.8, 4) is 6.07 Å². The Bertz CT molecular complexity index is 163. The molecular weight excluding hydrogens is 136 g/mol. The number of rotatable bonds is 4. The molecule has 0 radical (unpaired) electrons. The highest BCUT2D eigenvalue weighted by Crippen LogP contribution is 2.03. The van der Waals surface area contributed by atoms with Crippen LogP contribution in [0.15, 0.2) is 11.8 Å². The molecule has 2 nitrogen and oxygen atoms in total. The van der Waals surface area contributed by atoms with Gasteiger partial charge in [-0.2, -0.15) is 5.26 Å². The molecule has 0 unspecified atom stereocenters. The first-order chi connectivity index (χ1) is 5.20. The van der Waals surface area contributed by atoms with E-state index in [0.717, 1.165) is 6.42 Å². The van der Waals surface area contributed by atoms with E-state index < -0.39 is 0 Å². The third-order valence-corrected chi connectivity index (χ3v) is 1.38. The molecule has 62 valence electrons. The van der Waals surface area contributed by atoms with E-state index in [0.29, 0.717) is 12.5 Å². The van der Waals surface area contributed by atoms with Crippen molar-refractivity contribution in [2.45, 2.75) is 39.7 Å². The van der Waals surface area contributed by atoms with Crippen LogP contribution < -0.4 is 5.32 Å². The van der Waals surface area contributed by atoms with Crippen LogP contribution in [0, 0.1) is 11.3 Å². The number of nitrogens with one attached hydrogen (secondary N) is 1. The summed E-state index contributed by atoms with van der Waals surface area (Å²) in [6.45, 7) is 6.22. The predicted molar refractivity (Wildman–Crippen MR) is 46.9 cm³/mol. The first-order valence-electron chi connectivity index (χ1n) is 4.01. The van der Waals surface area contributed by atoms with Crippen LogP contribution in [0.2, 0.25) is 0 Å². The topological polar surface area (TPSA) is 35.8 Å². The quantitative estimate of drug-likeness (QED) is 0.670. The zero-order chi connectivity index (χ0) is 8.69. The van der Waals surface area contributed by atoms with Crippen molar-refractivity contribution >= 4 is 0 Å². The normalized spacial score (nSPS) is 11.4. The van der Waals surface area contributed by atoms with Crippen LogP contribution in [-0.2, 0) is 0 Å².